The number of amides is 2. The minimum Gasteiger partial charge on any atom is -0.497 e. The monoisotopic (exact) mass is 370 g/mol. The maximum atomic E-state index is 12.9. The molecule has 0 fully saturated rings. The third-order valence-corrected chi connectivity index (χ3v) is 4.22. The van der Waals surface area contributed by atoms with Crippen LogP contribution in [0.4, 0.5) is 0 Å². The van der Waals surface area contributed by atoms with Gasteiger partial charge >= 0.3 is 0 Å². The molecule has 144 valence electrons. The molecule has 0 spiro atoms. The van der Waals surface area contributed by atoms with E-state index in [-0.39, 0.29) is 18.4 Å². The number of methoxy groups -OCH3 is 1. The van der Waals surface area contributed by atoms with Crippen LogP contribution in [-0.4, -0.2) is 43.5 Å². The van der Waals surface area contributed by atoms with Gasteiger partial charge in [0.1, 0.15) is 17.5 Å². The number of benzene rings is 2. The first-order chi connectivity index (χ1) is 13.1. The Hall–Kier alpha value is -3.02. The Bertz CT molecular complexity index is 749. The van der Waals surface area contributed by atoms with Gasteiger partial charge in [0, 0.05) is 13.6 Å². The summed E-state index contributed by atoms with van der Waals surface area (Å²) < 4.78 is 10.8. The van der Waals surface area contributed by atoms with E-state index in [1.165, 1.54) is 0 Å². The van der Waals surface area contributed by atoms with Crippen molar-refractivity contribution in [2.24, 2.45) is 0 Å². The van der Waals surface area contributed by atoms with Crippen LogP contribution in [0.2, 0.25) is 0 Å². The lowest BCUT2D eigenvalue weighted by molar-refractivity contribution is -0.142. The van der Waals surface area contributed by atoms with Crippen LogP contribution < -0.4 is 14.8 Å². The molecule has 2 rings (SSSR count). The van der Waals surface area contributed by atoms with E-state index in [2.05, 4.69) is 5.32 Å². The first-order valence-corrected chi connectivity index (χ1v) is 8.90. The SMILES string of the molecule is CC[C@H](C(=O)NC)N(Cc1cccc(OC)c1)C(=O)COc1ccccc1. The summed E-state index contributed by atoms with van der Waals surface area (Å²) in [5.74, 6) is 0.860. The van der Waals surface area contributed by atoms with Crippen molar-refractivity contribution in [1.82, 2.24) is 10.2 Å². The van der Waals surface area contributed by atoms with E-state index < -0.39 is 6.04 Å². The number of para-hydroxylation sites is 1. The smallest absolute Gasteiger partial charge is 0.261 e. The molecule has 0 radical (unpaired) electrons. The Kier molecular flexibility index (Phi) is 7.67. The zero-order chi connectivity index (χ0) is 19.6. The zero-order valence-corrected chi connectivity index (χ0v) is 16.0. The van der Waals surface area contributed by atoms with Gasteiger partial charge in [0.05, 0.1) is 7.11 Å². The summed E-state index contributed by atoms with van der Waals surface area (Å²) in [5, 5.41) is 2.64. The summed E-state index contributed by atoms with van der Waals surface area (Å²) in [7, 11) is 3.16. The van der Waals surface area contributed by atoms with Crippen molar-refractivity contribution in [3.63, 3.8) is 0 Å². The first-order valence-electron chi connectivity index (χ1n) is 8.90. The van der Waals surface area contributed by atoms with Gasteiger partial charge in [-0.15, -0.1) is 0 Å². The van der Waals surface area contributed by atoms with E-state index in [1.807, 2.05) is 49.4 Å². The molecule has 0 saturated carbocycles. The van der Waals surface area contributed by atoms with Gasteiger partial charge in [0.25, 0.3) is 5.91 Å². The van der Waals surface area contributed by atoms with Crippen molar-refractivity contribution in [2.75, 3.05) is 20.8 Å². The summed E-state index contributed by atoms with van der Waals surface area (Å²) in [4.78, 5) is 26.7. The Labute approximate surface area is 160 Å². The van der Waals surface area contributed by atoms with Gasteiger partial charge in [0.15, 0.2) is 6.61 Å². The largest absolute Gasteiger partial charge is 0.497 e. The highest BCUT2D eigenvalue weighted by atomic mass is 16.5. The van der Waals surface area contributed by atoms with Gasteiger partial charge < -0.3 is 19.7 Å². The van der Waals surface area contributed by atoms with E-state index in [0.29, 0.717) is 24.5 Å². The number of nitrogens with one attached hydrogen (secondary N) is 1. The molecule has 6 nitrogen and oxygen atoms in total. The Morgan fingerprint density at radius 2 is 1.78 bits per heavy atom. The second-order valence-electron chi connectivity index (χ2n) is 6.01. The summed E-state index contributed by atoms with van der Waals surface area (Å²) in [6, 6.07) is 16.0. The van der Waals surface area contributed by atoms with Gasteiger partial charge in [-0.1, -0.05) is 37.3 Å². The number of rotatable bonds is 9. The minimum atomic E-state index is -0.576. The highest BCUT2D eigenvalue weighted by Crippen LogP contribution is 2.18. The van der Waals surface area contributed by atoms with E-state index in [1.54, 1.807) is 31.2 Å². The fourth-order valence-corrected chi connectivity index (χ4v) is 2.80. The second kappa shape index (κ2) is 10.2. The number of carbonyl (C=O) groups excluding carboxylic acids is 2. The van der Waals surface area contributed by atoms with Crippen molar-refractivity contribution in [3.8, 4) is 11.5 Å². The lowest BCUT2D eigenvalue weighted by atomic mass is 10.1. The van der Waals surface area contributed by atoms with Gasteiger partial charge in [-0.2, -0.15) is 0 Å². The molecule has 0 heterocycles. The van der Waals surface area contributed by atoms with E-state index in [0.717, 1.165) is 5.56 Å². The van der Waals surface area contributed by atoms with Crippen LogP contribution >= 0.6 is 0 Å². The molecule has 0 bridgehead atoms. The average Bonchev–Trinajstić information content (AvgIpc) is 2.72. The lowest BCUT2D eigenvalue weighted by Crippen LogP contribution is -2.49. The Morgan fingerprint density at radius 1 is 1.07 bits per heavy atom. The standard InChI is InChI=1S/C21H26N2O4/c1-4-19(21(25)22-2)23(14-16-9-8-12-18(13-16)26-3)20(24)15-27-17-10-6-5-7-11-17/h5-13,19H,4,14-15H2,1-3H3,(H,22,25)/t19-/m1/s1. The molecular weight excluding hydrogens is 344 g/mol. The van der Waals surface area contributed by atoms with Crippen LogP contribution in [0.3, 0.4) is 0 Å². The topological polar surface area (TPSA) is 67.9 Å². The van der Waals surface area contributed by atoms with E-state index >= 15 is 0 Å². The van der Waals surface area contributed by atoms with Crippen LogP contribution in [-0.2, 0) is 16.1 Å². The number of ether oxygens (including phenoxy) is 2. The predicted molar refractivity (Wildman–Crippen MR) is 104 cm³/mol. The van der Waals surface area contributed by atoms with Crippen molar-refractivity contribution < 1.29 is 19.1 Å². The van der Waals surface area contributed by atoms with Crippen molar-refractivity contribution in [2.45, 2.75) is 25.9 Å². The molecular formula is C21H26N2O4. The fourth-order valence-electron chi connectivity index (χ4n) is 2.80. The third-order valence-electron chi connectivity index (χ3n) is 4.22. The summed E-state index contributed by atoms with van der Waals surface area (Å²) in [6.07, 6.45) is 0.501. The van der Waals surface area contributed by atoms with E-state index in [9.17, 15) is 9.59 Å². The van der Waals surface area contributed by atoms with Gasteiger partial charge in [-0.25, -0.2) is 0 Å². The van der Waals surface area contributed by atoms with Crippen molar-refractivity contribution >= 4 is 11.8 Å². The summed E-state index contributed by atoms with van der Waals surface area (Å²) in [6.45, 7) is 2.03. The molecule has 2 aromatic carbocycles. The molecule has 1 atom stereocenters. The number of nitrogens with zero attached hydrogens (tertiary/aromatic N) is 1. The molecule has 1 N–H and O–H groups in total. The van der Waals surface area contributed by atoms with Crippen LogP contribution in [0.5, 0.6) is 11.5 Å². The second-order valence-corrected chi connectivity index (χ2v) is 6.01. The number of hydrogen-bond acceptors (Lipinski definition) is 4. The molecule has 6 heteroatoms. The lowest BCUT2D eigenvalue weighted by Gasteiger charge is -2.30. The van der Waals surface area contributed by atoms with Crippen LogP contribution in [0.1, 0.15) is 18.9 Å². The molecule has 0 unspecified atom stereocenters. The Balaban J connectivity index is 2.19. The van der Waals surface area contributed by atoms with Gasteiger partial charge in [-0.3, -0.25) is 9.59 Å². The molecule has 0 aliphatic carbocycles. The van der Waals surface area contributed by atoms with E-state index in [4.69, 9.17) is 9.47 Å². The zero-order valence-electron chi connectivity index (χ0n) is 16.0. The quantitative estimate of drug-likeness (QED) is 0.737. The molecule has 2 amide bonds. The van der Waals surface area contributed by atoms with Gasteiger partial charge in [0.2, 0.25) is 5.91 Å². The van der Waals surface area contributed by atoms with Crippen LogP contribution in [0.15, 0.2) is 54.6 Å². The molecule has 2 aromatic rings. The van der Waals surface area contributed by atoms with Crippen LogP contribution in [0, 0.1) is 0 Å². The first kappa shape index (κ1) is 20.3. The summed E-state index contributed by atoms with van der Waals surface area (Å²) >= 11 is 0. The number of carbonyl (C=O) groups is 2. The highest BCUT2D eigenvalue weighted by molar-refractivity contribution is 5.88. The normalized spacial score (nSPS) is 11.4. The maximum absolute atomic E-state index is 12.9. The number of hydrogen-bond donors (Lipinski definition) is 1. The maximum Gasteiger partial charge on any atom is 0.261 e. The van der Waals surface area contributed by atoms with Crippen LogP contribution in [0.25, 0.3) is 0 Å². The molecule has 0 aromatic heterocycles. The number of likely N-dealkylation sites (N-methyl/N-ethyl adjacent to an activating group) is 1. The minimum absolute atomic E-state index is 0.137. The average molecular weight is 370 g/mol. The summed E-state index contributed by atoms with van der Waals surface area (Å²) in [5.41, 5.74) is 0.879. The van der Waals surface area contributed by atoms with Gasteiger partial charge in [-0.05, 0) is 36.2 Å². The Morgan fingerprint density at radius 3 is 2.41 bits per heavy atom. The third kappa shape index (κ3) is 5.74. The predicted octanol–water partition coefficient (Wildman–Crippen LogP) is 2.63. The molecule has 0 saturated heterocycles. The highest BCUT2D eigenvalue weighted by Gasteiger charge is 2.28. The fraction of sp³-hybridized carbons (Fsp3) is 0.333. The molecule has 0 aliphatic rings. The molecule has 27 heavy (non-hydrogen) atoms. The van der Waals surface area contributed by atoms with Crippen molar-refractivity contribution in [3.05, 3.63) is 60.2 Å². The van der Waals surface area contributed by atoms with Crippen molar-refractivity contribution in [1.29, 1.82) is 0 Å². The molecule has 0 aliphatic heterocycles.